The van der Waals surface area contributed by atoms with Gasteiger partial charge in [-0.3, -0.25) is 9.69 Å². The molecule has 2 aromatic rings. The first-order chi connectivity index (χ1) is 15.5. The van der Waals surface area contributed by atoms with Crippen molar-refractivity contribution in [3.63, 3.8) is 0 Å². The molecule has 1 atom stereocenters. The number of carboxylic acid groups (broad SMARTS) is 1. The number of ether oxygens (including phenoxy) is 2. The zero-order chi connectivity index (χ0) is 24.8. The van der Waals surface area contributed by atoms with Gasteiger partial charge in [0.2, 0.25) is 11.8 Å². The molecule has 2 amide bonds. The Morgan fingerprint density at radius 1 is 1.24 bits per heavy atom. The van der Waals surface area contributed by atoms with Crippen molar-refractivity contribution in [2.24, 2.45) is 0 Å². The van der Waals surface area contributed by atoms with Gasteiger partial charge in [0, 0.05) is 17.7 Å². The van der Waals surface area contributed by atoms with Gasteiger partial charge in [0.05, 0.1) is 23.6 Å². The third-order valence-electron chi connectivity index (χ3n) is 4.59. The van der Waals surface area contributed by atoms with Crippen molar-refractivity contribution < 1.29 is 24.2 Å². The first kappa shape index (κ1) is 25.5. The molecule has 0 saturated carbocycles. The van der Waals surface area contributed by atoms with Crippen LogP contribution >= 0.6 is 0 Å². The van der Waals surface area contributed by atoms with Crippen molar-refractivity contribution in [3.8, 4) is 23.4 Å². The van der Waals surface area contributed by atoms with Gasteiger partial charge in [-0.15, -0.1) is 0 Å². The van der Waals surface area contributed by atoms with Crippen LogP contribution in [-0.2, 0) is 4.79 Å². The van der Waals surface area contributed by atoms with E-state index in [1.54, 1.807) is 58.0 Å². The fourth-order valence-electron chi connectivity index (χ4n) is 3.24. The van der Waals surface area contributed by atoms with E-state index in [-0.39, 0.29) is 12.0 Å². The fourth-order valence-corrected chi connectivity index (χ4v) is 3.24. The number of carbonyl (C=O) groups is 2. The summed E-state index contributed by atoms with van der Waals surface area (Å²) in [6, 6.07) is 9.29. The van der Waals surface area contributed by atoms with Crippen LogP contribution in [0.4, 0.5) is 10.5 Å². The molecule has 2 N–H and O–H groups in total. The molecular formula is C24H30N4O5. The van der Waals surface area contributed by atoms with E-state index in [0.29, 0.717) is 29.2 Å². The molecule has 0 fully saturated rings. The largest absolute Gasteiger partial charge is 0.489 e. The Kier molecular flexibility index (Phi) is 8.24. The van der Waals surface area contributed by atoms with Crippen molar-refractivity contribution in [3.05, 3.63) is 42.1 Å². The van der Waals surface area contributed by atoms with E-state index in [4.69, 9.17) is 9.47 Å². The highest BCUT2D eigenvalue weighted by atomic mass is 16.5. The lowest BCUT2D eigenvalue weighted by Crippen LogP contribution is -2.55. The van der Waals surface area contributed by atoms with Crippen LogP contribution in [0.3, 0.4) is 0 Å². The quantitative estimate of drug-likeness (QED) is 0.573. The molecule has 1 heterocycles. The highest BCUT2D eigenvalue weighted by Gasteiger charge is 2.36. The summed E-state index contributed by atoms with van der Waals surface area (Å²) in [4.78, 5) is 29.9. The minimum atomic E-state index is -1.16. The topological polar surface area (TPSA) is 125 Å². The van der Waals surface area contributed by atoms with Crippen LogP contribution in [0.15, 0.2) is 36.5 Å². The van der Waals surface area contributed by atoms with Gasteiger partial charge in [-0.2, -0.15) is 5.26 Å². The summed E-state index contributed by atoms with van der Waals surface area (Å²) >= 11 is 0. The molecule has 0 aliphatic rings. The lowest BCUT2D eigenvalue weighted by Gasteiger charge is -2.38. The van der Waals surface area contributed by atoms with Crippen molar-refractivity contribution in [2.45, 2.75) is 65.6 Å². The Bertz CT molecular complexity index is 1020. The molecule has 1 aromatic carbocycles. The van der Waals surface area contributed by atoms with Gasteiger partial charge in [0.1, 0.15) is 23.6 Å². The average molecular weight is 455 g/mol. The highest BCUT2D eigenvalue weighted by molar-refractivity contribution is 5.96. The van der Waals surface area contributed by atoms with Crippen molar-refractivity contribution in [1.29, 1.82) is 5.26 Å². The van der Waals surface area contributed by atoms with Crippen molar-refractivity contribution in [1.82, 2.24) is 9.88 Å². The molecule has 33 heavy (non-hydrogen) atoms. The summed E-state index contributed by atoms with van der Waals surface area (Å²) in [5.41, 5.74) is 0.0749. The second-order valence-corrected chi connectivity index (χ2v) is 8.66. The van der Waals surface area contributed by atoms with Gasteiger partial charge < -0.3 is 19.9 Å². The minimum absolute atomic E-state index is 0.101. The van der Waals surface area contributed by atoms with Gasteiger partial charge in [0.15, 0.2) is 0 Å². The first-order valence-electron chi connectivity index (χ1n) is 10.6. The summed E-state index contributed by atoms with van der Waals surface area (Å²) in [5.74, 6) is 0.707. The number of aromatic nitrogens is 1. The molecule has 9 nitrogen and oxygen atoms in total. The number of carbonyl (C=O) groups excluding carboxylic acids is 1. The number of nitrogens with zero attached hydrogens (tertiary/aromatic N) is 3. The van der Waals surface area contributed by atoms with Gasteiger partial charge in [-0.25, -0.2) is 9.78 Å². The van der Waals surface area contributed by atoms with Gasteiger partial charge in [-0.05, 0) is 59.2 Å². The first-order valence-corrected chi connectivity index (χ1v) is 10.6. The minimum Gasteiger partial charge on any atom is -0.489 e. The van der Waals surface area contributed by atoms with E-state index in [9.17, 15) is 20.0 Å². The summed E-state index contributed by atoms with van der Waals surface area (Å²) in [5, 5.41) is 21.5. The van der Waals surface area contributed by atoms with Crippen LogP contribution in [0.5, 0.6) is 17.4 Å². The average Bonchev–Trinajstić information content (AvgIpc) is 2.71. The van der Waals surface area contributed by atoms with E-state index < -0.39 is 23.6 Å². The molecule has 0 aliphatic carbocycles. The van der Waals surface area contributed by atoms with Crippen molar-refractivity contribution >= 4 is 17.7 Å². The smallest absolute Gasteiger partial charge is 0.408 e. The van der Waals surface area contributed by atoms with E-state index in [1.165, 1.54) is 6.20 Å². The van der Waals surface area contributed by atoms with Gasteiger partial charge in [-0.1, -0.05) is 6.92 Å². The molecule has 1 unspecified atom stereocenters. The van der Waals surface area contributed by atoms with E-state index >= 15 is 0 Å². The Labute approximate surface area is 193 Å². The lowest BCUT2D eigenvalue weighted by molar-refractivity contribution is -0.122. The molecule has 1 aromatic heterocycles. The monoisotopic (exact) mass is 454 g/mol. The van der Waals surface area contributed by atoms with E-state index in [2.05, 4.69) is 16.4 Å². The number of hydrogen-bond donors (Lipinski definition) is 2. The SMILES string of the molecule is CCC(C(=O)Nc1ccc(Oc2ccc(C#N)c(OC(C)C)c2)nc1)N(C(=O)O)C(C)(C)C. The van der Waals surface area contributed by atoms with Gasteiger partial charge in [0.25, 0.3) is 0 Å². The number of benzene rings is 1. The Balaban J connectivity index is 2.13. The Morgan fingerprint density at radius 3 is 2.42 bits per heavy atom. The fraction of sp³-hybridized carbons (Fsp3) is 0.417. The Hall–Kier alpha value is -3.80. The molecule has 0 spiro atoms. The maximum absolute atomic E-state index is 12.8. The zero-order valence-electron chi connectivity index (χ0n) is 19.7. The number of pyridine rings is 1. The third-order valence-corrected chi connectivity index (χ3v) is 4.59. The maximum atomic E-state index is 12.8. The predicted molar refractivity (Wildman–Crippen MR) is 124 cm³/mol. The molecular weight excluding hydrogens is 424 g/mol. The van der Waals surface area contributed by atoms with E-state index in [1.807, 2.05) is 13.8 Å². The number of nitriles is 1. The summed E-state index contributed by atoms with van der Waals surface area (Å²) in [6.45, 7) is 10.7. The summed E-state index contributed by atoms with van der Waals surface area (Å²) in [7, 11) is 0. The maximum Gasteiger partial charge on any atom is 0.408 e. The van der Waals surface area contributed by atoms with Crippen LogP contribution in [0.1, 0.15) is 53.5 Å². The Morgan fingerprint density at radius 2 is 1.94 bits per heavy atom. The van der Waals surface area contributed by atoms with Crippen LogP contribution in [0.2, 0.25) is 0 Å². The van der Waals surface area contributed by atoms with Crippen LogP contribution in [0, 0.1) is 11.3 Å². The molecule has 0 aliphatic heterocycles. The summed E-state index contributed by atoms with van der Waals surface area (Å²) < 4.78 is 11.4. The number of hydrogen-bond acceptors (Lipinski definition) is 6. The standard InChI is InChI=1S/C24H30N4O5/c1-7-19(28(23(30)31)24(4,5)6)22(29)27-17-9-11-21(26-14-17)33-18-10-8-16(13-25)20(12-18)32-15(2)3/h8-12,14-15,19H,7H2,1-6H3,(H,27,29)(H,30,31). The second-order valence-electron chi connectivity index (χ2n) is 8.66. The molecule has 176 valence electrons. The van der Waals surface area contributed by atoms with E-state index in [0.717, 1.165) is 4.90 Å². The zero-order valence-corrected chi connectivity index (χ0v) is 19.7. The second kappa shape index (κ2) is 10.7. The number of nitrogens with one attached hydrogen (secondary N) is 1. The molecule has 0 saturated heterocycles. The van der Waals surface area contributed by atoms with Crippen molar-refractivity contribution in [2.75, 3.05) is 5.32 Å². The molecule has 0 radical (unpaired) electrons. The van der Waals surface area contributed by atoms with Crippen LogP contribution < -0.4 is 14.8 Å². The summed E-state index contributed by atoms with van der Waals surface area (Å²) in [6.07, 6.45) is 0.492. The molecule has 0 bridgehead atoms. The molecule has 9 heteroatoms. The van der Waals surface area contributed by atoms with Crippen LogP contribution in [-0.4, -0.2) is 44.7 Å². The normalized spacial score (nSPS) is 11.9. The third kappa shape index (κ3) is 6.84. The van der Waals surface area contributed by atoms with Gasteiger partial charge >= 0.3 is 6.09 Å². The predicted octanol–water partition coefficient (Wildman–Crippen LogP) is 5.03. The number of anilines is 1. The number of amides is 2. The van der Waals surface area contributed by atoms with Crippen LogP contribution in [0.25, 0.3) is 0 Å². The highest BCUT2D eigenvalue weighted by Crippen LogP contribution is 2.29. The molecule has 2 rings (SSSR count). The number of rotatable bonds is 8. The lowest BCUT2D eigenvalue weighted by atomic mass is 10.0.